The zero-order chi connectivity index (χ0) is 14.2. The molecule has 6 heteroatoms. The first-order valence-corrected chi connectivity index (χ1v) is 7.60. The average molecular weight is 279 g/mol. The van der Waals surface area contributed by atoms with E-state index in [2.05, 4.69) is 41.2 Å². The predicted octanol–water partition coefficient (Wildman–Crippen LogP) is 0.709. The van der Waals surface area contributed by atoms with Crippen LogP contribution in [0.1, 0.15) is 26.2 Å². The Morgan fingerprint density at radius 2 is 2.00 bits per heavy atom. The zero-order valence-corrected chi connectivity index (χ0v) is 12.7. The number of aromatic nitrogens is 2. The van der Waals surface area contributed by atoms with Crippen molar-refractivity contribution >= 4 is 5.95 Å². The van der Waals surface area contributed by atoms with Gasteiger partial charge in [-0.15, -0.1) is 0 Å². The van der Waals surface area contributed by atoms with E-state index in [9.17, 15) is 0 Å². The van der Waals surface area contributed by atoms with Crippen molar-refractivity contribution < 1.29 is 4.52 Å². The lowest BCUT2D eigenvalue weighted by atomic mass is 9.76. The molecule has 1 aromatic heterocycles. The third kappa shape index (κ3) is 2.31. The second kappa shape index (κ2) is 5.33. The minimum absolute atomic E-state index is 0.0117. The van der Waals surface area contributed by atoms with Crippen molar-refractivity contribution in [1.29, 1.82) is 0 Å². The molecule has 2 fully saturated rings. The van der Waals surface area contributed by atoms with Gasteiger partial charge in [-0.1, -0.05) is 13.8 Å². The lowest BCUT2D eigenvalue weighted by Gasteiger charge is -2.31. The van der Waals surface area contributed by atoms with Gasteiger partial charge in [0.2, 0.25) is 5.89 Å². The summed E-state index contributed by atoms with van der Waals surface area (Å²) in [6.07, 6.45) is 1.08. The summed E-state index contributed by atoms with van der Waals surface area (Å²) in [7, 11) is 2.15. The number of hydrogen-bond acceptors (Lipinski definition) is 6. The molecule has 0 radical (unpaired) electrons. The smallest absolute Gasteiger partial charge is 0.266 e. The molecule has 112 valence electrons. The Balaban J connectivity index is 1.79. The fourth-order valence-electron chi connectivity index (χ4n) is 3.19. The van der Waals surface area contributed by atoms with Gasteiger partial charge in [-0.3, -0.25) is 0 Å². The number of nitrogens with one attached hydrogen (secondary N) is 1. The lowest BCUT2D eigenvalue weighted by molar-refractivity contribution is 0.234. The van der Waals surface area contributed by atoms with Gasteiger partial charge in [0.15, 0.2) is 0 Å². The monoisotopic (exact) mass is 279 g/mol. The molecule has 1 atom stereocenters. The Hall–Kier alpha value is -1.14. The second-order valence-electron chi connectivity index (χ2n) is 6.43. The quantitative estimate of drug-likeness (QED) is 0.879. The highest BCUT2D eigenvalue weighted by atomic mass is 16.5. The van der Waals surface area contributed by atoms with Crippen LogP contribution in [0.2, 0.25) is 0 Å². The van der Waals surface area contributed by atoms with Gasteiger partial charge in [-0.25, -0.2) is 0 Å². The molecule has 2 aliphatic rings. The Kier molecular flexibility index (Phi) is 3.69. The fraction of sp³-hybridized carbons (Fsp3) is 0.857. The van der Waals surface area contributed by atoms with Crippen molar-refractivity contribution in [1.82, 2.24) is 20.4 Å². The molecule has 0 spiro atoms. The summed E-state index contributed by atoms with van der Waals surface area (Å²) in [6, 6.07) is 0. The molecule has 3 rings (SSSR count). The summed E-state index contributed by atoms with van der Waals surface area (Å²) in [5.74, 6) is 2.07. The summed E-state index contributed by atoms with van der Waals surface area (Å²) in [6.45, 7) is 10.5. The molecule has 6 nitrogen and oxygen atoms in total. The SMILES string of the molecule is CC(C)C1(c2nc(N3CCN(C)CC3)no2)CCNC1. The van der Waals surface area contributed by atoms with Crippen LogP contribution in [0.3, 0.4) is 0 Å². The highest BCUT2D eigenvalue weighted by molar-refractivity contribution is 5.30. The molecule has 0 amide bonds. The minimum Gasteiger partial charge on any atom is -0.337 e. The third-order valence-corrected chi connectivity index (χ3v) is 4.92. The van der Waals surface area contributed by atoms with Crippen LogP contribution >= 0.6 is 0 Å². The molecule has 1 N–H and O–H groups in total. The molecule has 0 aromatic carbocycles. The van der Waals surface area contributed by atoms with Crippen LogP contribution in [0, 0.1) is 5.92 Å². The predicted molar refractivity (Wildman–Crippen MR) is 78.0 cm³/mol. The maximum Gasteiger partial charge on any atom is 0.266 e. The molecule has 1 aromatic rings. The number of nitrogens with zero attached hydrogens (tertiary/aromatic N) is 4. The topological polar surface area (TPSA) is 57.4 Å². The van der Waals surface area contributed by atoms with E-state index in [-0.39, 0.29) is 5.41 Å². The highest BCUT2D eigenvalue weighted by Crippen LogP contribution is 2.37. The Morgan fingerprint density at radius 1 is 1.25 bits per heavy atom. The first-order valence-electron chi connectivity index (χ1n) is 7.60. The second-order valence-corrected chi connectivity index (χ2v) is 6.43. The molecule has 2 saturated heterocycles. The summed E-state index contributed by atoms with van der Waals surface area (Å²) < 4.78 is 5.64. The van der Waals surface area contributed by atoms with Crippen molar-refractivity contribution in [3.8, 4) is 0 Å². The van der Waals surface area contributed by atoms with Crippen molar-refractivity contribution in [2.24, 2.45) is 5.92 Å². The van der Waals surface area contributed by atoms with Gasteiger partial charge >= 0.3 is 0 Å². The molecule has 3 heterocycles. The van der Waals surface area contributed by atoms with Crippen molar-refractivity contribution in [3.63, 3.8) is 0 Å². The normalized spacial score (nSPS) is 28.5. The number of rotatable bonds is 3. The van der Waals surface area contributed by atoms with Gasteiger partial charge in [0.1, 0.15) is 0 Å². The number of anilines is 1. The molecule has 0 bridgehead atoms. The molecule has 20 heavy (non-hydrogen) atoms. The molecule has 0 saturated carbocycles. The van der Waals surface area contributed by atoms with Crippen molar-refractivity contribution in [2.45, 2.75) is 25.7 Å². The van der Waals surface area contributed by atoms with E-state index in [0.717, 1.165) is 57.5 Å². The number of likely N-dealkylation sites (N-methyl/N-ethyl adjacent to an activating group) is 1. The Bertz CT molecular complexity index is 444. The molecule has 2 aliphatic heterocycles. The summed E-state index contributed by atoms with van der Waals surface area (Å²) >= 11 is 0. The fourth-order valence-corrected chi connectivity index (χ4v) is 3.19. The minimum atomic E-state index is 0.0117. The van der Waals surface area contributed by atoms with Crippen molar-refractivity contribution in [2.75, 3.05) is 51.2 Å². The highest BCUT2D eigenvalue weighted by Gasteiger charge is 2.44. The van der Waals surface area contributed by atoms with Gasteiger partial charge < -0.3 is 19.6 Å². The molecule has 1 unspecified atom stereocenters. The average Bonchev–Trinajstić information content (AvgIpc) is 3.09. The van der Waals surface area contributed by atoms with Crippen LogP contribution < -0.4 is 10.2 Å². The van der Waals surface area contributed by atoms with E-state index in [4.69, 9.17) is 9.51 Å². The van der Waals surface area contributed by atoms with Crippen LogP contribution in [-0.4, -0.2) is 61.4 Å². The van der Waals surface area contributed by atoms with Gasteiger partial charge in [0.05, 0.1) is 5.41 Å². The largest absolute Gasteiger partial charge is 0.337 e. The number of piperazine rings is 1. The molecular formula is C14H25N5O. The first kappa shape index (κ1) is 13.8. The maximum absolute atomic E-state index is 5.64. The van der Waals surface area contributed by atoms with E-state index in [0.29, 0.717) is 5.92 Å². The standard InChI is InChI=1S/C14H25N5O/c1-11(2)14(4-5-15-10-14)12-16-13(17-20-12)19-8-6-18(3)7-9-19/h11,15H,4-10H2,1-3H3. The third-order valence-electron chi connectivity index (χ3n) is 4.92. The molecule has 0 aliphatic carbocycles. The lowest BCUT2D eigenvalue weighted by Crippen LogP contribution is -2.45. The van der Waals surface area contributed by atoms with E-state index in [1.165, 1.54) is 0 Å². The van der Waals surface area contributed by atoms with Crippen LogP contribution in [0.15, 0.2) is 4.52 Å². The van der Waals surface area contributed by atoms with Crippen LogP contribution in [0.5, 0.6) is 0 Å². The Labute approximate surface area is 120 Å². The van der Waals surface area contributed by atoms with Gasteiger partial charge in [-0.2, -0.15) is 4.98 Å². The van der Waals surface area contributed by atoms with Gasteiger partial charge in [0, 0.05) is 32.7 Å². The summed E-state index contributed by atoms with van der Waals surface area (Å²) in [5.41, 5.74) is 0.0117. The maximum atomic E-state index is 5.64. The van der Waals surface area contributed by atoms with Crippen LogP contribution in [0.4, 0.5) is 5.95 Å². The van der Waals surface area contributed by atoms with E-state index in [1.807, 2.05) is 0 Å². The number of hydrogen-bond donors (Lipinski definition) is 1. The van der Waals surface area contributed by atoms with E-state index < -0.39 is 0 Å². The van der Waals surface area contributed by atoms with Gasteiger partial charge in [0.25, 0.3) is 5.95 Å². The first-order chi connectivity index (χ1) is 9.62. The summed E-state index contributed by atoms with van der Waals surface area (Å²) in [4.78, 5) is 9.28. The Morgan fingerprint density at radius 3 is 2.60 bits per heavy atom. The van der Waals surface area contributed by atoms with Crippen molar-refractivity contribution in [3.05, 3.63) is 5.89 Å². The zero-order valence-electron chi connectivity index (χ0n) is 12.7. The van der Waals surface area contributed by atoms with Crippen LogP contribution in [0.25, 0.3) is 0 Å². The van der Waals surface area contributed by atoms with Gasteiger partial charge in [-0.05, 0) is 31.1 Å². The van der Waals surface area contributed by atoms with Crippen LogP contribution in [-0.2, 0) is 5.41 Å². The van der Waals surface area contributed by atoms with E-state index >= 15 is 0 Å². The molecular weight excluding hydrogens is 254 g/mol. The summed E-state index contributed by atoms with van der Waals surface area (Å²) in [5, 5.41) is 7.67. The van der Waals surface area contributed by atoms with E-state index in [1.54, 1.807) is 0 Å².